The Morgan fingerprint density at radius 2 is 1.38 bits per heavy atom. The molecule has 0 radical (unpaired) electrons. The Morgan fingerprint density at radius 3 is 1.76 bits per heavy atom. The van der Waals surface area contributed by atoms with Gasteiger partial charge < -0.3 is 14.2 Å². The van der Waals surface area contributed by atoms with Gasteiger partial charge in [-0.2, -0.15) is 0 Å². The maximum atomic E-state index is 12.1. The molecular formula is C12H10F6O3. The molecule has 0 bridgehead atoms. The van der Waals surface area contributed by atoms with Crippen LogP contribution in [0.2, 0.25) is 0 Å². The fourth-order valence-corrected chi connectivity index (χ4v) is 1.36. The van der Waals surface area contributed by atoms with Crippen molar-refractivity contribution in [3.63, 3.8) is 0 Å². The van der Waals surface area contributed by atoms with Crippen LogP contribution >= 0.6 is 0 Å². The van der Waals surface area contributed by atoms with Crippen LogP contribution in [-0.2, 0) is 4.74 Å². The Balaban J connectivity index is 3.07. The molecule has 0 fully saturated rings. The number of benzene rings is 1. The molecule has 0 atom stereocenters. The summed E-state index contributed by atoms with van der Waals surface area (Å²) in [5.41, 5.74) is 0.0352. The molecule has 3 nitrogen and oxygen atoms in total. The van der Waals surface area contributed by atoms with Crippen LogP contribution in [-0.4, -0.2) is 26.4 Å². The molecule has 0 spiro atoms. The number of hydrogen-bond acceptors (Lipinski definition) is 3. The summed E-state index contributed by atoms with van der Waals surface area (Å²) in [6.45, 7) is 0.139. The molecule has 9 heteroatoms. The van der Waals surface area contributed by atoms with E-state index in [1.165, 1.54) is 19.3 Å². The number of halogens is 6. The summed E-state index contributed by atoms with van der Waals surface area (Å²) in [5, 5.41) is 0. The number of hydrogen-bond donors (Lipinski definition) is 0. The van der Waals surface area contributed by atoms with Crippen molar-refractivity contribution in [3.8, 4) is 11.5 Å². The third kappa shape index (κ3) is 7.45. The van der Waals surface area contributed by atoms with Gasteiger partial charge in [0.25, 0.3) is 0 Å². The fraction of sp³-hybridized carbons (Fsp3) is 0.333. The van der Waals surface area contributed by atoms with E-state index in [2.05, 4.69) is 14.2 Å². The quantitative estimate of drug-likeness (QED) is 0.764. The topological polar surface area (TPSA) is 27.7 Å². The van der Waals surface area contributed by atoms with Crippen molar-refractivity contribution >= 4 is 6.08 Å². The van der Waals surface area contributed by atoms with E-state index >= 15 is 0 Å². The molecule has 0 N–H and O–H groups in total. The van der Waals surface area contributed by atoms with Crippen LogP contribution in [0.4, 0.5) is 26.3 Å². The summed E-state index contributed by atoms with van der Waals surface area (Å²) in [6.07, 6.45) is -7.37. The van der Waals surface area contributed by atoms with Crippen LogP contribution in [0.5, 0.6) is 11.5 Å². The Bertz CT molecular complexity index is 458. The first-order valence-electron chi connectivity index (χ1n) is 5.41. The summed E-state index contributed by atoms with van der Waals surface area (Å²) in [6, 6.07) is 2.33. The molecular weight excluding hydrogens is 306 g/mol. The zero-order chi connectivity index (χ0) is 16.1. The van der Waals surface area contributed by atoms with Crippen LogP contribution in [0.1, 0.15) is 5.56 Å². The number of ether oxygens (including phenoxy) is 3. The molecule has 21 heavy (non-hydrogen) atoms. The molecule has 0 aliphatic rings. The van der Waals surface area contributed by atoms with Gasteiger partial charge >= 0.3 is 12.7 Å². The summed E-state index contributed by atoms with van der Waals surface area (Å²) < 4.78 is 84.6. The molecule has 118 valence electrons. The monoisotopic (exact) mass is 316 g/mol. The molecule has 0 aliphatic heterocycles. The van der Waals surface area contributed by atoms with Gasteiger partial charge in [0.15, 0.2) is 0 Å². The maximum absolute atomic E-state index is 12.1. The fourth-order valence-electron chi connectivity index (χ4n) is 1.36. The largest absolute Gasteiger partial charge is 0.573 e. The van der Waals surface area contributed by atoms with E-state index in [4.69, 9.17) is 0 Å². The summed E-state index contributed by atoms with van der Waals surface area (Å²) in [7, 11) is 1.38. The van der Waals surface area contributed by atoms with Crippen molar-refractivity contribution in [3.05, 3.63) is 29.8 Å². The van der Waals surface area contributed by atoms with Crippen LogP contribution in [0.3, 0.4) is 0 Å². The first kappa shape index (κ1) is 17.2. The lowest BCUT2D eigenvalue weighted by Crippen LogP contribution is -2.19. The van der Waals surface area contributed by atoms with E-state index in [1.807, 2.05) is 0 Å². The van der Waals surface area contributed by atoms with Gasteiger partial charge in [0.2, 0.25) is 0 Å². The maximum Gasteiger partial charge on any atom is 0.573 e. The second-order valence-electron chi connectivity index (χ2n) is 3.69. The summed E-state index contributed by atoms with van der Waals surface area (Å²) in [5.74, 6) is -1.64. The molecule has 0 unspecified atom stereocenters. The van der Waals surface area contributed by atoms with Crippen LogP contribution < -0.4 is 9.47 Å². The van der Waals surface area contributed by atoms with Crippen LogP contribution in [0, 0.1) is 0 Å². The van der Waals surface area contributed by atoms with Gasteiger partial charge in [-0.25, -0.2) is 0 Å². The Hall–Kier alpha value is -1.90. The molecule has 1 aromatic rings. The highest BCUT2D eigenvalue weighted by Gasteiger charge is 2.33. The van der Waals surface area contributed by atoms with Gasteiger partial charge in [0.05, 0.1) is 6.61 Å². The number of alkyl halides is 6. The van der Waals surface area contributed by atoms with E-state index < -0.39 is 24.2 Å². The van der Waals surface area contributed by atoms with Crippen molar-refractivity contribution in [2.24, 2.45) is 0 Å². The first-order valence-corrected chi connectivity index (χ1v) is 5.41. The first-order chi connectivity index (χ1) is 9.59. The van der Waals surface area contributed by atoms with Gasteiger partial charge in [0, 0.05) is 13.2 Å². The van der Waals surface area contributed by atoms with Crippen molar-refractivity contribution in [1.29, 1.82) is 0 Å². The third-order valence-electron chi connectivity index (χ3n) is 1.94. The average Bonchev–Trinajstić information content (AvgIpc) is 2.24. The Morgan fingerprint density at radius 1 is 0.905 bits per heavy atom. The molecule has 0 amide bonds. The van der Waals surface area contributed by atoms with Crippen molar-refractivity contribution < 1.29 is 40.6 Å². The Kier molecular flexibility index (Phi) is 5.47. The predicted octanol–water partition coefficient (Wildman–Crippen LogP) is 4.14. The van der Waals surface area contributed by atoms with Gasteiger partial charge in [-0.05, 0) is 17.7 Å². The lowest BCUT2D eigenvalue weighted by Gasteiger charge is -2.13. The minimum Gasteiger partial charge on any atom is -0.406 e. The van der Waals surface area contributed by atoms with E-state index in [1.54, 1.807) is 0 Å². The van der Waals surface area contributed by atoms with E-state index in [9.17, 15) is 26.3 Å². The summed E-state index contributed by atoms with van der Waals surface area (Å²) in [4.78, 5) is 0. The van der Waals surface area contributed by atoms with E-state index in [0.717, 1.165) is 12.1 Å². The van der Waals surface area contributed by atoms with Gasteiger partial charge in [0.1, 0.15) is 11.5 Å². The second kappa shape index (κ2) is 6.70. The number of methoxy groups -OCH3 is 1. The summed E-state index contributed by atoms with van der Waals surface area (Å²) >= 11 is 0. The lowest BCUT2D eigenvalue weighted by atomic mass is 10.2. The molecule has 0 saturated heterocycles. The smallest absolute Gasteiger partial charge is 0.406 e. The average molecular weight is 316 g/mol. The van der Waals surface area contributed by atoms with Gasteiger partial charge in [-0.15, -0.1) is 26.3 Å². The highest BCUT2D eigenvalue weighted by atomic mass is 19.4. The molecule has 1 aromatic carbocycles. The Labute approximate surface area is 115 Å². The molecule has 0 aromatic heterocycles. The third-order valence-corrected chi connectivity index (χ3v) is 1.94. The minimum absolute atomic E-state index is 0.0352. The second-order valence-corrected chi connectivity index (χ2v) is 3.69. The van der Waals surface area contributed by atoms with Crippen molar-refractivity contribution in [1.82, 2.24) is 0 Å². The SMILES string of the molecule is COCC=Cc1cc(OC(F)(F)F)cc(OC(F)(F)F)c1. The van der Waals surface area contributed by atoms with Crippen LogP contribution in [0.15, 0.2) is 24.3 Å². The minimum atomic E-state index is -5.02. The van der Waals surface area contributed by atoms with Crippen molar-refractivity contribution in [2.75, 3.05) is 13.7 Å². The molecule has 0 heterocycles. The predicted molar refractivity (Wildman–Crippen MR) is 60.7 cm³/mol. The molecule has 0 aliphatic carbocycles. The standard InChI is InChI=1S/C12H10F6O3/c1-19-4-2-3-8-5-9(20-11(13,14)15)7-10(6-8)21-12(16,17)18/h2-3,5-7H,4H2,1H3. The lowest BCUT2D eigenvalue weighted by molar-refractivity contribution is -0.276. The highest BCUT2D eigenvalue weighted by Crippen LogP contribution is 2.31. The van der Waals surface area contributed by atoms with Gasteiger partial charge in [-0.3, -0.25) is 0 Å². The molecule has 1 rings (SSSR count). The van der Waals surface area contributed by atoms with Gasteiger partial charge in [-0.1, -0.05) is 12.2 Å². The van der Waals surface area contributed by atoms with E-state index in [0.29, 0.717) is 6.07 Å². The highest BCUT2D eigenvalue weighted by molar-refractivity contribution is 5.55. The van der Waals surface area contributed by atoms with Crippen LogP contribution in [0.25, 0.3) is 6.08 Å². The zero-order valence-corrected chi connectivity index (χ0v) is 10.6. The van der Waals surface area contributed by atoms with E-state index in [-0.39, 0.29) is 12.2 Å². The number of rotatable bonds is 5. The molecule has 0 saturated carbocycles. The van der Waals surface area contributed by atoms with Crippen molar-refractivity contribution in [2.45, 2.75) is 12.7 Å². The normalized spacial score (nSPS) is 12.7. The zero-order valence-electron chi connectivity index (χ0n) is 10.6.